The average Bonchev–Trinajstić information content (AvgIpc) is 2.62. The molecule has 1 heterocycles. The Bertz CT molecular complexity index is 447. The van der Waals surface area contributed by atoms with E-state index in [2.05, 4.69) is 43.2 Å². The molecule has 2 unspecified atom stereocenters. The maximum atomic E-state index is 6.14. The van der Waals surface area contributed by atoms with Gasteiger partial charge in [-0.3, -0.25) is 4.90 Å². The molecule has 0 amide bonds. The maximum absolute atomic E-state index is 6.14. The van der Waals surface area contributed by atoms with Crippen molar-refractivity contribution in [2.75, 3.05) is 26.7 Å². The zero-order valence-electron chi connectivity index (χ0n) is 13.7. The van der Waals surface area contributed by atoms with Crippen LogP contribution in [-0.4, -0.2) is 31.6 Å². The minimum absolute atomic E-state index is 0.508. The number of hydrogen-bond acceptors (Lipinski definition) is 2. The van der Waals surface area contributed by atoms with E-state index in [9.17, 15) is 0 Å². The fourth-order valence-electron chi connectivity index (χ4n) is 3.56. The van der Waals surface area contributed by atoms with Crippen LogP contribution in [0.2, 0.25) is 5.02 Å². The lowest BCUT2D eigenvalue weighted by atomic mass is 9.87. The molecule has 0 radical (unpaired) electrons. The van der Waals surface area contributed by atoms with Crippen molar-refractivity contribution in [3.8, 4) is 0 Å². The first-order valence-corrected chi connectivity index (χ1v) is 8.68. The fourth-order valence-corrected chi connectivity index (χ4v) is 3.79. The van der Waals surface area contributed by atoms with Crippen molar-refractivity contribution in [1.82, 2.24) is 10.2 Å². The predicted molar refractivity (Wildman–Crippen MR) is 92.1 cm³/mol. The number of rotatable bonds is 5. The Hall–Kier alpha value is -0.570. The number of halogens is 1. The van der Waals surface area contributed by atoms with Crippen LogP contribution in [0.3, 0.4) is 0 Å². The molecular weight excluding hydrogens is 280 g/mol. The van der Waals surface area contributed by atoms with Gasteiger partial charge in [-0.1, -0.05) is 31.0 Å². The summed E-state index contributed by atoms with van der Waals surface area (Å²) in [5.74, 6) is 0.684. The Labute approximate surface area is 134 Å². The van der Waals surface area contributed by atoms with Gasteiger partial charge in [0.05, 0.1) is 0 Å². The van der Waals surface area contributed by atoms with Crippen molar-refractivity contribution in [2.45, 2.75) is 45.6 Å². The molecule has 1 aromatic carbocycles. The Balaban J connectivity index is 2.23. The molecule has 1 aliphatic rings. The van der Waals surface area contributed by atoms with Crippen LogP contribution < -0.4 is 5.32 Å². The van der Waals surface area contributed by atoms with Crippen LogP contribution in [-0.2, 0) is 0 Å². The van der Waals surface area contributed by atoms with Gasteiger partial charge in [0.2, 0.25) is 0 Å². The monoisotopic (exact) mass is 308 g/mol. The number of nitrogens with zero attached hydrogens (tertiary/aromatic N) is 1. The Morgan fingerprint density at radius 3 is 2.86 bits per heavy atom. The van der Waals surface area contributed by atoms with Crippen molar-refractivity contribution in [1.29, 1.82) is 0 Å². The van der Waals surface area contributed by atoms with Gasteiger partial charge in [0, 0.05) is 11.1 Å². The largest absolute Gasteiger partial charge is 0.316 e. The topological polar surface area (TPSA) is 15.3 Å². The lowest BCUT2D eigenvalue weighted by molar-refractivity contribution is 0.188. The van der Waals surface area contributed by atoms with Crippen molar-refractivity contribution < 1.29 is 0 Å². The van der Waals surface area contributed by atoms with Gasteiger partial charge in [0.25, 0.3) is 0 Å². The summed E-state index contributed by atoms with van der Waals surface area (Å²) in [5, 5.41) is 4.47. The summed E-state index contributed by atoms with van der Waals surface area (Å²) >= 11 is 6.14. The van der Waals surface area contributed by atoms with Crippen LogP contribution in [0.1, 0.15) is 49.8 Å². The Morgan fingerprint density at radius 2 is 2.14 bits per heavy atom. The fraction of sp³-hybridized carbons (Fsp3) is 0.667. The van der Waals surface area contributed by atoms with E-state index in [1.165, 1.54) is 43.4 Å². The van der Waals surface area contributed by atoms with Crippen molar-refractivity contribution in [2.24, 2.45) is 5.92 Å². The van der Waals surface area contributed by atoms with Crippen LogP contribution in [0, 0.1) is 12.8 Å². The smallest absolute Gasteiger partial charge is 0.0408 e. The minimum Gasteiger partial charge on any atom is -0.316 e. The van der Waals surface area contributed by atoms with E-state index >= 15 is 0 Å². The molecule has 0 aliphatic carbocycles. The zero-order chi connectivity index (χ0) is 15.2. The van der Waals surface area contributed by atoms with Crippen LogP contribution in [0.5, 0.6) is 0 Å². The molecule has 0 saturated carbocycles. The molecule has 0 spiro atoms. The normalized spacial score (nSPS) is 24.0. The van der Waals surface area contributed by atoms with E-state index in [0.29, 0.717) is 12.0 Å². The number of likely N-dealkylation sites (tertiary alicyclic amines) is 1. The summed E-state index contributed by atoms with van der Waals surface area (Å²) < 4.78 is 0. The molecule has 118 valence electrons. The third kappa shape index (κ3) is 4.45. The lowest BCUT2D eigenvalue weighted by Crippen LogP contribution is -2.35. The third-order valence-electron chi connectivity index (χ3n) is 4.64. The summed E-state index contributed by atoms with van der Waals surface area (Å²) in [6.45, 7) is 7.85. The molecule has 2 rings (SSSR count). The zero-order valence-corrected chi connectivity index (χ0v) is 14.4. The molecule has 1 fully saturated rings. The highest BCUT2D eigenvalue weighted by atomic mass is 35.5. The van der Waals surface area contributed by atoms with Gasteiger partial charge >= 0.3 is 0 Å². The molecule has 21 heavy (non-hydrogen) atoms. The molecule has 2 atom stereocenters. The molecule has 3 heteroatoms. The third-order valence-corrected chi connectivity index (χ3v) is 4.88. The van der Waals surface area contributed by atoms with Crippen molar-refractivity contribution in [3.05, 3.63) is 34.3 Å². The summed E-state index contributed by atoms with van der Waals surface area (Å²) in [7, 11) is 2.27. The first-order valence-electron chi connectivity index (χ1n) is 8.30. The van der Waals surface area contributed by atoms with Crippen LogP contribution in [0.15, 0.2) is 18.2 Å². The maximum Gasteiger partial charge on any atom is 0.0408 e. The summed E-state index contributed by atoms with van der Waals surface area (Å²) in [4.78, 5) is 2.54. The van der Waals surface area contributed by atoms with E-state index in [4.69, 9.17) is 11.6 Å². The van der Waals surface area contributed by atoms with Crippen LogP contribution in [0.4, 0.5) is 0 Å². The molecular formula is C18H29ClN2. The lowest BCUT2D eigenvalue weighted by Gasteiger charge is -2.34. The second kappa shape index (κ2) is 8.17. The van der Waals surface area contributed by atoms with E-state index in [1.54, 1.807) is 0 Å². The van der Waals surface area contributed by atoms with Crippen molar-refractivity contribution in [3.63, 3.8) is 0 Å². The number of nitrogens with one attached hydrogen (secondary N) is 1. The summed E-state index contributed by atoms with van der Waals surface area (Å²) in [6, 6.07) is 6.89. The Morgan fingerprint density at radius 1 is 1.33 bits per heavy atom. The summed E-state index contributed by atoms with van der Waals surface area (Å²) in [5.41, 5.74) is 2.77. The first-order chi connectivity index (χ1) is 10.1. The average molecular weight is 309 g/mol. The predicted octanol–water partition coefficient (Wildman–Crippen LogP) is 4.42. The van der Waals surface area contributed by atoms with Gasteiger partial charge in [0.15, 0.2) is 0 Å². The summed E-state index contributed by atoms with van der Waals surface area (Å²) in [6.07, 6.45) is 5.16. The van der Waals surface area contributed by atoms with Crippen LogP contribution >= 0.6 is 11.6 Å². The van der Waals surface area contributed by atoms with Crippen LogP contribution in [0.25, 0.3) is 0 Å². The van der Waals surface area contributed by atoms with Gasteiger partial charge < -0.3 is 5.32 Å². The molecule has 0 bridgehead atoms. The first kappa shape index (κ1) is 16.8. The molecule has 1 saturated heterocycles. The highest BCUT2D eigenvalue weighted by molar-refractivity contribution is 6.30. The molecule has 1 N–H and O–H groups in total. The quantitative estimate of drug-likeness (QED) is 0.810. The molecule has 2 nitrogen and oxygen atoms in total. The van der Waals surface area contributed by atoms with Gasteiger partial charge in [-0.2, -0.15) is 0 Å². The van der Waals surface area contributed by atoms with E-state index in [-0.39, 0.29) is 0 Å². The van der Waals surface area contributed by atoms with Gasteiger partial charge in [-0.05, 0) is 82.0 Å². The SMILES string of the molecule is CCCNCC1CCCCN(C)C1c1ccc(Cl)cc1C. The highest BCUT2D eigenvalue weighted by Gasteiger charge is 2.29. The molecule has 1 aliphatic heterocycles. The van der Waals surface area contributed by atoms with Crippen molar-refractivity contribution >= 4 is 11.6 Å². The number of aryl methyl sites for hydroxylation is 1. The second-order valence-electron chi connectivity index (χ2n) is 6.39. The van der Waals surface area contributed by atoms with Gasteiger partial charge in [0.1, 0.15) is 0 Å². The number of hydrogen-bond donors (Lipinski definition) is 1. The standard InChI is InChI=1S/C18H29ClN2/c1-4-10-20-13-15-7-5-6-11-21(3)18(15)17-9-8-16(19)12-14(17)2/h8-9,12,15,18,20H,4-7,10-11,13H2,1-3H3. The second-order valence-corrected chi connectivity index (χ2v) is 6.82. The minimum atomic E-state index is 0.508. The molecule has 0 aromatic heterocycles. The van der Waals surface area contributed by atoms with E-state index in [0.717, 1.165) is 18.1 Å². The van der Waals surface area contributed by atoms with Gasteiger partial charge in [-0.25, -0.2) is 0 Å². The number of benzene rings is 1. The van der Waals surface area contributed by atoms with Gasteiger partial charge in [-0.15, -0.1) is 0 Å². The molecule has 1 aromatic rings. The van der Waals surface area contributed by atoms with E-state index < -0.39 is 0 Å². The Kier molecular flexibility index (Phi) is 6.53. The van der Waals surface area contributed by atoms with E-state index in [1.807, 2.05) is 6.07 Å². The highest BCUT2D eigenvalue weighted by Crippen LogP contribution is 2.36.